The average molecular weight is 506 g/mol. The van der Waals surface area contributed by atoms with Gasteiger partial charge in [-0.2, -0.15) is 0 Å². The zero-order valence-electron chi connectivity index (χ0n) is 19.9. The fraction of sp³-hybridized carbons (Fsp3) is 0.222. The number of benzene rings is 2. The van der Waals surface area contributed by atoms with E-state index in [9.17, 15) is 19.1 Å². The van der Waals surface area contributed by atoms with Gasteiger partial charge in [-0.25, -0.2) is 4.39 Å². The number of carbonyl (C=O) groups is 2. The van der Waals surface area contributed by atoms with E-state index in [0.29, 0.717) is 36.0 Å². The van der Waals surface area contributed by atoms with Crippen molar-refractivity contribution in [1.82, 2.24) is 4.98 Å². The van der Waals surface area contributed by atoms with Crippen LogP contribution in [0.2, 0.25) is 0 Å². The first-order chi connectivity index (χ1) is 17.7. The number of hydrogen-bond acceptors (Lipinski definition) is 7. The number of primary amides is 1. The number of ether oxygens (including phenoxy) is 3. The smallest absolute Gasteiger partial charge is 0.267 e. The number of nitrogens with two attached hydrogens (primary N) is 1. The van der Waals surface area contributed by atoms with E-state index in [0.717, 1.165) is 5.56 Å². The minimum atomic E-state index is -1.04. The van der Waals surface area contributed by atoms with Crippen molar-refractivity contribution in [2.45, 2.75) is 12.0 Å². The molecule has 0 atom stereocenters. The lowest BCUT2D eigenvalue weighted by Crippen LogP contribution is -2.48. The van der Waals surface area contributed by atoms with Gasteiger partial charge in [-0.15, -0.1) is 0 Å². The van der Waals surface area contributed by atoms with Gasteiger partial charge in [-0.05, 0) is 36.4 Å². The second-order valence-corrected chi connectivity index (χ2v) is 8.31. The van der Waals surface area contributed by atoms with Crippen LogP contribution in [0.1, 0.15) is 22.5 Å². The molecule has 2 aromatic carbocycles. The minimum Gasteiger partial charge on any atom is -0.491 e. The fourth-order valence-corrected chi connectivity index (χ4v) is 3.36. The predicted molar refractivity (Wildman–Crippen MR) is 132 cm³/mol. The Hall–Kier alpha value is -4.46. The van der Waals surface area contributed by atoms with Gasteiger partial charge in [0.25, 0.3) is 5.91 Å². The van der Waals surface area contributed by atoms with Gasteiger partial charge < -0.3 is 30.0 Å². The zero-order valence-corrected chi connectivity index (χ0v) is 19.9. The number of amides is 2. The summed E-state index contributed by atoms with van der Waals surface area (Å²) in [5.74, 6) is 6.08. The van der Waals surface area contributed by atoms with Crippen molar-refractivity contribution in [2.24, 2.45) is 5.73 Å². The highest BCUT2D eigenvalue weighted by Crippen LogP contribution is 2.31. The largest absolute Gasteiger partial charge is 0.491 e. The lowest BCUT2D eigenvalue weighted by Gasteiger charge is -2.30. The highest BCUT2D eigenvalue weighted by molar-refractivity contribution is 5.95. The SMILES string of the molecule is CN1C(=O)CCOc2ccc(C#CC3(O)COC3)cc21.NC(=O)c1cc(Oc2cccc(F)c2)ccn1. The van der Waals surface area contributed by atoms with Gasteiger partial charge in [0, 0.05) is 30.9 Å². The van der Waals surface area contributed by atoms with Crippen LogP contribution in [0.15, 0.2) is 60.8 Å². The second kappa shape index (κ2) is 11.1. The van der Waals surface area contributed by atoms with Crippen molar-refractivity contribution in [1.29, 1.82) is 0 Å². The number of rotatable bonds is 3. The first kappa shape index (κ1) is 25.6. The van der Waals surface area contributed by atoms with Gasteiger partial charge in [0.2, 0.25) is 5.91 Å². The molecule has 1 aromatic heterocycles. The molecule has 0 radical (unpaired) electrons. The molecule has 0 aliphatic carbocycles. The molecule has 190 valence electrons. The number of carbonyl (C=O) groups excluding carboxylic acids is 2. The molecule has 10 heteroatoms. The van der Waals surface area contributed by atoms with Gasteiger partial charge >= 0.3 is 0 Å². The third-order valence-corrected chi connectivity index (χ3v) is 5.40. The maximum atomic E-state index is 12.9. The van der Waals surface area contributed by atoms with E-state index in [1.54, 1.807) is 36.2 Å². The number of anilines is 1. The standard InChI is InChI=1S/C15H15NO4.C12H9FN2O2/c1-16-12-8-11(4-6-15(18)9-19-10-15)2-3-13(12)20-7-5-14(16)17;13-8-2-1-3-9(6-8)17-10-4-5-15-11(7-10)12(14)16/h2-3,8,18H,5,7,9-10H2,1H3;1-7H,(H2,14,16). The van der Waals surface area contributed by atoms with Crippen LogP contribution in [0.4, 0.5) is 10.1 Å². The van der Waals surface area contributed by atoms with Gasteiger partial charge in [-0.1, -0.05) is 17.9 Å². The number of aromatic nitrogens is 1. The molecular formula is C27H24FN3O6. The highest BCUT2D eigenvalue weighted by Gasteiger charge is 2.33. The van der Waals surface area contributed by atoms with E-state index in [1.165, 1.54) is 30.5 Å². The third-order valence-electron chi connectivity index (χ3n) is 5.40. The molecule has 3 aromatic rings. The Labute approximate surface area is 212 Å². The number of pyridine rings is 1. The molecule has 3 N–H and O–H groups in total. The molecule has 0 spiro atoms. The van der Waals surface area contributed by atoms with Crippen LogP contribution >= 0.6 is 0 Å². The van der Waals surface area contributed by atoms with Crippen LogP contribution in [-0.2, 0) is 9.53 Å². The Bertz CT molecular complexity index is 1380. The lowest BCUT2D eigenvalue weighted by molar-refractivity contribution is -0.140. The van der Waals surface area contributed by atoms with Crippen molar-refractivity contribution in [2.75, 3.05) is 31.8 Å². The molecule has 9 nitrogen and oxygen atoms in total. The molecule has 1 fully saturated rings. The average Bonchev–Trinajstić information content (AvgIpc) is 3.00. The van der Waals surface area contributed by atoms with E-state index in [1.807, 2.05) is 6.07 Å². The van der Waals surface area contributed by atoms with Crippen molar-refractivity contribution < 1.29 is 33.3 Å². The van der Waals surface area contributed by atoms with Gasteiger partial charge in [0.05, 0.1) is 31.9 Å². The highest BCUT2D eigenvalue weighted by atomic mass is 19.1. The van der Waals surface area contributed by atoms with E-state index < -0.39 is 17.3 Å². The summed E-state index contributed by atoms with van der Waals surface area (Å²) in [5, 5.41) is 9.86. The van der Waals surface area contributed by atoms with Crippen molar-refractivity contribution in [3.8, 4) is 29.1 Å². The molecule has 37 heavy (non-hydrogen) atoms. The van der Waals surface area contributed by atoms with Crippen LogP contribution in [0.3, 0.4) is 0 Å². The van der Waals surface area contributed by atoms with E-state index in [4.69, 9.17) is 19.9 Å². The minimum absolute atomic E-state index is 0.0138. The monoisotopic (exact) mass is 505 g/mol. The number of fused-ring (bicyclic) bond motifs is 1. The van der Waals surface area contributed by atoms with Crippen molar-refractivity contribution >= 4 is 17.5 Å². The first-order valence-electron chi connectivity index (χ1n) is 11.3. The van der Waals surface area contributed by atoms with Gasteiger partial charge in [-0.3, -0.25) is 14.6 Å². The summed E-state index contributed by atoms with van der Waals surface area (Å²) in [4.78, 5) is 28.1. The summed E-state index contributed by atoms with van der Waals surface area (Å²) in [6, 6.07) is 14.1. The molecule has 2 aliphatic heterocycles. The van der Waals surface area contributed by atoms with Crippen molar-refractivity contribution in [3.05, 3.63) is 77.9 Å². The number of aliphatic hydroxyl groups is 1. The molecule has 2 aliphatic rings. The molecule has 5 rings (SSSR count). The number of hydrogen-bond donors (Lipinski definition) is 2. The fourth-order valence-electron chi connectivity index (χ4n) is 3.36. The Morgan fingerprint density at radius 2 is 1.97 bits per heavy atom. The Morgan fingerprint density at radius 3 is 2.68 bits per heavy atom. The van der Waals surface area contributed by atoms with E-state index >= 15 is 0 Å². The second-order valence-electron chi connectivity index (χ2n) is 8.31. The summed E-state index contributed by atoms with van der Waals surface area (Å²) in [7, 11) is 1.72. The van der Waals surface area contributed by atoms with Crippen LogP contribution in [-0.4, -0.2) is 54.4 Å². The summed E-state index contributed by atoms with van der Waals surface area (Å²) < 4.78 is 28.8. The molecule has 3 heterocycles. The molecule has 0 bridgehead atoms. The molecule has 0 unspecified atom stereocenters. The van der Waals surface area contributed by atoms with Gasteiger partial charge in [0.1, 0.15) is 28.8 Å². The van der Waals surface area contributed by atoms with Crippen LogP contribution < -0.4 is 20.1 Å². The Kier molecular flexibility index (Phi) is 7.67. The van der Waals surface area contributed by atoms with E-state index in [2.05, 4.69) is 16.8 Å². The Balaban J connectivity index is 0.000000176. The topological polar surface area (TPSA) is 124 Å². The molecule has 0 saturated carbocycles. The Morgan fingerprint density at radius 1 is 1.19 bits per heavy atom. The number of halogens is 1. The van der Waals surface area contributed by atoms with Gasteiger partial charge in [0.15, 0.2) is 5.60 Å². The summed E-state index contributed by atoms with van der Waals surface area (Å²) in [6.45, 7) is 0.872. The van der Waals surface area contributed by atoms with E-state index in [-0.39, 0.29) is 24.8 Å². The molecule has 1 saturated heterocycles. The van der Waals surface area contributed by atoms with Crippen LogP contribution in [0.5, 0.6) is 17.2 Å². The quantitative estimate of drug-likeness (QED) is 0.525. The third kappa shape index (κ3) is 6.61. The van der Waals surface area contributed by atoms with Crippen LogP contribution in [0, 0.1) is 17.7 Å². The first-order valence-corrected chi connectivity index (χ1v) is 11.3. The summed E-state index contributed by atoms with van der Waals surface area (Å²) in [6.07, 6.45) is 1.76. The molecule has 2 amide bonds. The maximum absolute atomic E-state index is 12.9. The summed E-state index contributed by atoms with van der Waals surface area (Å²) in [5.41, 5.74) is 5.58. The van der Waals surface area contributed by atoms with Crippen LogP contribution in [0.25, 0.3) is 0 Å². The van der Waals surface area contributed by atoms with Crippen molar-refractivity contribution in [3.63, 3.8) is 0 Å². The summed E-state index contributed by atoms with van der Waals surface area (Å²) >= 11 is 0. The normalized spacial score (nSPS) is 15.3. The lowest BCUT2D eigenvalue weighted by atomic mass is 10.0. The number of nitrogens with zero attached hydrogens (tertiary/aromatic N) is 2. The predicted octanol–water partition coefficient (Wildman–Crippen LogP) is 2.66. The molecular weight excluding hydrogens is 481 g/mol. The maximum Gasteiger partial charge on any atom is 0.267 e. The zero-order chi connectivity index (χ0) is 26.4.